The highest BCUT2D eigenvalue weighted by atomic mass is 32.2. The maximum absolute atomic E-state index is 11.6. The number of ether oxygens (including phenoxy) is 1. The van der Waals surface area contributed by atoms with Gasteiger partial charge in [0.2, 0.25) is 11.9 Å². The lowest BCUT2D eigenvalue weighted by atomic mass is 10.2. The van der Waals surface area contributed by atoms with Crippen molar-refractivity contribution >= 4 is 21.7 Å². The summed E-state index contributed by atoms with van der Waals surface area (Å²) < 4.78 is 28.1. The molecule has 2 N–H and O–H groups in total. The molecule has 0 aliphatic carbocycles. The second-order valence-corrected chi connectivity index (χ2v) is 6.55. The fourth-order valence-electron chi connectivity index (χ4n) is 1.94. The van der Waals surface area contributed by atoms with E-state index in [0.717, 1.165) is 6.42 Å². The van der Waals surface area contributed by atoms with Crippen molar-refractivity contribution in [3.63, 3.8) is 0 Å². The molecule has 0 saturated carbocycles. The van der Waals surface area contributed by atoms with Crippen LogP contribution >= 0.6 is 0 Å². The van der Waals surface area contributed by atoms with E-state index in [2.05, 4.69) is 25.6 Å². The van der Waals surface area contributed by atoms with Crippen LogP contribution in [0.4, 0.5) is 11.9 Å². The smallest absolute Gasteiger partial charge is 0.322 e. The highest BCUT2D eigenvalue weighted by Crippen LogP contribution is 2.17. The minimum atomic E-state index is -2.96. The predicted octanol–water partition coefficient (Wildman–Crippen LogP) is -0.0890. The van der Waals surface area contributed by atoms with Crippen LogP contribution in [-0.4, -0.2) is 55.1 Å². The summed E-state index contributed by atoms with van der Waals surface area (Å²) in [5.74, 6) is 1.05. The third-order valence-corrected chi connectivity index (χ3v) is 4.64. The van der Waals surface area contributed by atoms with Gasteiger partial charge >= 0.3 is 6.01 Å². The van der Waals surface area contributed by atoms with Crippen molar-refractivity contribution < 1.29 is 13.2 Å². The molecular formula is C10H17N5O3S. The first-order chi connectivity index (χ1) is 9.02. The van der Waals surface area contributed by atoms with Gasteiger partial charge in [-0.3, -0.25) is 0 Å². The van der Waals surface area contributed by atoms with E-state index in [1.54, 1.807) is 7.05 Å². The first kappa shape index (κ1) is 13.8. The number of nitrogens with one attached hydrogen (secondary N) is 2. The van der Waals surface area contributed by atoms with Gasteiger partial charge in [-0.1, -0.05) is 0 Å². The van der Waals surface area contributed by atoms with E-state index in [9.17, 15) is 8.42 Å². The van der Waals surface area contributed by atoms with Crippen molar-refractivity contribution in [1.29, 1.82) is 0 Å². The Morgan fingerprint density at radius 2 is 2.00 bits per heavy atom. The Morgan fingerprint density at radius 1 is 1.26 bits per heavy atom. The second kappa shape index (κ2) is 5.55. The van der Waals surface area contributed by atoms with Gasteiger partial charge in [0.1, 0.15) is 0 Å². The number of nitrogens with zero attached hydrogens (tertiary/aromatic N) is 3. The van der Waals surface area contributed by atoms with Gasteiger partial charge in [-0.15, -0.1) is 0 Å². The quantitative estimate of drug-likeness (QED) is 0.791. The highest BCUT2D eigenvalue weighted by Gasteiger charge is 2.25. The Kier molecular flexibility index (Phi) is 4.03. The standard InChI is InChI=1S/C10H17N5O3S/c1-11-8-13-9(15-10(14-8)18-2)12-7-4-3-5-19(16,17)6-7/h7H,3-6H2,1-2H3,(H2,11,12,13,14,15). The maximum atomic E-state index is 11.6. The zero-order chi connectivity index (χ0) is 13.9. The van der Waals surface area contributed by atoms with Crippen molar-refractivity contribution in [1.82, 2.24) is 15.0 Å². The zero-order valence-electron chi connectivity index (χ0n) is 10.9. The molecule has 1 aromatic rings. The summed E-state index contributed by atoms with van der Waals surface area (Å²) in [7, 11) is 0.182. The molecule has 0 bridgehead atoms. The first-order valence-electron chi connectivity index (χ1n) is 5.97. The molecule has 1 aliphatic rings. The van der Waals surface area contributed by atoms with Crippen LogP contribution in [0.2, 0.25) is 0 Å². The summed E-state index contributed by atoms with van der Waals surface area (Å²) in [6.07, 6.45) is 1.43. The van der Waals surface area contributed by atoms with Gasteiger partial charge in [0, 0.05) is 13.1 Å². The van der Waals surface area contributed by atoms with Crippen LogP contribution in [-0.2, 0) is 9.84 Å². The van der Waals surface area contributed by atoms with E-state index in [4.69, 9.17) is 4.74 Å². The molecule has 1 fully saturated rings. The summed E-state index contributed by atoms with van der Waals surface area (Å²) in [4.78, 5) is 12.2. The predicted molar refractivity (Wildman–Crippen MR) is 71.2 cm³/mol. The molecule has 19 heavy (non-hydrogen) atoms. The summed E-state index contributed by atoms with van der Waals surface area (Å²) in [5.41, 5.74) is 0. The Morgan fingerprint density at radius 3 is 2.63 bits per heavy atom. The van der Waals surface area contributed by atoms with E-state index in [1.165, 1.54) is 7.11 Å². The molecule has 0 aromatic carbocycles. The number of hydrogen-bond donors (Lipinski definition) is 2. The molecular weight excluding hydrogens is 270 g/mol. The van der Waals surface area contributed by atoms with E-state index < -0.39 is 9.84 Å². The van der Waals surface area contributed by atoms with E-state index in [1.807, 2.05) is 0 Å². The lowest BCUT2D eigenvalue weighted by Gasteiger charge is -2.23. The van der Waals surface area contributed by atoms with Crippen molar-refractivity contribution in [3.05, 3.63) is 0 Å². The minimum absolute atomic E-state index is 0.107. The van der Waals surface area contributed by atoms with Crippen molar-refractivity contribution in [2.75, 3.05) is 36.3 Å². The number of aromatic nitrogens is 3. The SMILES string of the molecule is CNc1nc(NC2CCCS(=O)(=O)C2)nc(OC)n1. The Bertz CT molecular complexity index is 526. The maximum Gasteiger partial charge on any atom is 0.322 e. The number of methoxy groups -OCH3 is 1. The van der Waals surface area contributed by atoms with Crippen LogP contribution in [0.1, 0.15) is 12.8 Å². The summed E-state index contributed by atoms with van der Waals surface area (Å²) in [6.45, 7) is 0. The average Bonchev–Trinajstić information content (AvgIpc) is 2.37. The summed E-state index contributed by atoms with van der Waals surface area (Å²) in [6, 6.07) is 0.0103. The molecule has 1 saturated heterocycles. The monoisotopic (exact) mass is 287 g/mol. The largest absolute Gasteiger partial charge is 0.467 e. The Balaban J connectivity index is 2.14. The number of sulfone groups is 1. The summed E-state index contributed by atoms with van der Waals surface area (Å²) in [5, 5.41) is 5.82. The molecule has 1 unspecified atom stereocenters. The van der Waals surface area contributed by atoms with Crippen LogP contribution in [0.5, 0.6) is 6.01 Å². The lowest BCUT2D eigenvalue weighted by molar-refractivity contribution is 0.379. The molecule has 0 radical (unpaired) electrons. The van der Waals surface area contributed by atoms with Crippen molar-refractivity contribution in [3.8, 4) is 6.01 Å². The number of rotatable bonds is 4. The Hall–Kier alpha value is -1.64. The topological polar surface area (TPSA) is 106 Å². The Labute approximate surface area is 111 Å². The average molecular weight is 287 g/mol. The number of hydrogen-bond acceptors (Lipinski definition) is 8. The third-order valence-electron chi connectivity index (χ3n) is 2.82. The molecule has 1 atom stereocenters. The van der Waals surface area contributed by atoms with Crippen molar-refractivity contribution in [2.45, 2.75) is 18.9 Å². The van der Waals surface area contributed by atoms with Gasteiger partial charge in [-0.2, -0.15) is 15.0 Å². The van der Waals surface area contributed by atoms with Crippen LogP contribution < -0.4 is 15.4 Å². The molecule has 2 heterocycles. The first-order valence-corrected chi connectivity index (χ1v) is 7.79. The lowest BCUT2D eigenvalue weighted by Crippen LogP contribution is -2.35. The third kappa shape index (κ3) is 3.66. The zero-order valence-corrected chi connectivity index (χ0v) is 11.7. The fourth-order valence-corrected chi connectivity index (χ4v) is 3.58. The molecule has 8 nitrogen and oxygen atoms in total. The molecule has 106 valence electrons. The van der Waals surface area contributed by atoms with Crippen LogP contribution in [0, 0.1) is 0 Å². The van der Waals surface area contributed by atoms with Gasteiger partial charge in [-0.05, 0) is 12.8 Å². The molecule has 2 rings (SSSR count). The molecule has 1 aliphatic heterocycles. The summed E-state index contributed by atoms with van der Waals surface area (Å²) >= 11 is 0. The minimum Gasteiger partial charge on any atom is -0.467 e. The van der Waals surface area contributed by atoms with Crippen LogP contribution in [0.3, 0.4) is 0 Å². The highest BCUT2D eigenvalue weighted by molar-refractivity contribution is 7.91. The van der Waals surface area contributed by atoms with Crippen LogP contribution in [0.25, 0.3) is 0 Å². The van der Waals surface area contributed by atoms with Crippen LogP contribution in [0.15, 0.2) is 0 Å². The number of anilines is 2. The van der Waals surface area contributed by atoms with Gasteiger partial charge < -0.3 is 15.4 Å². The molecule has 1 aromatic heterocycles. The van der Waals surface area contributed by atoms with E-state index in [-0.39, 0.29) is 23.6 Å². The molecule has 0 spiro atoms. The van der Waals surface area contributed by atoms with Gasteiger partial charge in [0.15, 0.2) is 9.84 Å². The van der Waals surface area contributed by atoms with E-state index in [0.29, 0.717) is 18.3 Å². The van der Waals surface area contributed by atoms with E-state index >= 15 is 0 Å². The van der Waals surface area contributed by atoms with Gasteiger partial charge in [0.25, 0.3) is 0 Å². The molecule has 0 amide bonds. The normalized spacial score (nSPS) is 21.7. The van der Waals surface area contributed by atoms with Crippen molar-refractivity contribution in [2.24, 2.45) is 0 Å². The molecule has 9 heteroatoms. The second-order valence-electron chi connectivity index (χ2n) is 4.32. The van der Waals surface area contributed by atoms with Gasteiger partial charge in [0.05, 0.1) is 18.6 Å². The van der Waals surface area contributed by atoms with Gasteiger partial charge in [-0.25, -0.2) is 8.42 Å². The fraction of sp³-hybridized carbons (Fsp3) is 0.700.